The quantitative estimate of drug-likeness (QED) is 0.640. The van der Waals surface area contributed by atoms with Crippen molar-refractivity contribution in [2.75, 3.05) is 16.7 Å². The summed E-state index contributed by atoms with van der Waals surface area (Å²) in [4.78, 5) is 12.1. The predicted octanol–water partition coefficient (Wildman–Crippen LogP) is 3.37. The normalized spacial score (nSPS) is 11.9. The standard InChI is InChI=1S/C19H17F3N4O3S/c1-25(15-7-3-2-4-8-15)30(28,29)16-9-5-6-14(12-16)23-18(27)13-26-11-10-17(24-26)19(20,21)22/h2-12H,13H2,1H3,(H,23,27). The number of para-hydroxylation sites is 1. The topological polar surface area (TPSA) is 84.3 Å². The van der Waals surface area contributed by atoms with Gasteiger partial charge in [0.15, 0.2) is 5.69 Å². The molecule has 30 heavy (non-hydrogen) atoms. The minimum Gasteiger partial charge on any atom is -0.324 e. The van der Waals surface area contributed by atoms with Gasteiger partial charge in [0.1, 0.15) is 6.54 Å². The molecule has 0 unspecified atom stereocenters. The average molecular weight is 438 g/mol. The zero-order valence-corrected chi connectivity index (χ0v) is 16.5. The van der Waals surface area contributed by atoms with E-state index >= 15 is 0 Å². The molecule has 158 valence electrons. The molecule has 3 rings (SSSR count). The third-order valence-corrected chi connectivity index (χ3v) is 5.91. The molecular weight excluding hydrogens is 421 g/mol. The highest BCUT2D eigenvalue weighted by Crippen LogP contribution is 2.27. The summed E-state index contributed by atoms with van der Waals surface area (Å²) in [6, 6.07) is 14.8. The Hall–Kier alpha value is -3.34. The Morgan fingerprint density at radius 2 is 1.80 bits per heavy atom. The number of carbonyl (C=O) groups excluding carboxylic acids is 1. The minimum absolute atomic E-state index is 0.0508. The first-order valence-corrected chi connectivity index (χ1v) is 10.1. The lowest BCUT2D eigenvalue weighted by atomic mass is 10.3. The van der Waals surface area contributed by atoms with E-state index in [9.17, 15) is 26.4 Å². The number of benzene rings is 2. The number of amides is 1. The van der Waals surface area contributed by atoms with Crippen LogP contribution >= 0.6 is 0 Å². The van der Waals surface area contributed by atoms with E-state index in [0.717, 1.165) is 21.3 Å². The molecule has 1 amide bonds. The van der Waals surface area contributed by atoms with Gasteiger partial charge in [0, 0.05) is 18.9 Å². The number of hydrogen-bond acceptors (Lipinski definition) is 4. The fraction of sp³-hybridized carbons (Fsp3) is 0.158. The molecule has 0 spiro atoms. The van der Waals surface area contributed by atoms with Crippen molar-refractivity contribution in [2.24, 2.45) is 0 Å². The van der Waals surface area contributed by atoms with E-state index in [0.29, 0.717) is 5.69 Å². The van der Waals surface area contributed by atoms with Gasteiger partial charge in [-0.3, -0.25) is 13.8 Å². The number of aromatic nitrogens is 2. The van der Waals surface area contributed by atoms with Gasteiger partial charge in [-0.15, -0.1) is 0 Å². The van der Waals surface area contributed by atoms with Crippen molar-refractivity contribution in [1.29, 1.82) is 0 Å². The van der Waals surface area contributed by atoms with Crippen LogP contribution < -0.4 is 9.62 Å². The van der Waals surface area contributed by atoms with Crippen molar-refractivity contribution in [3.05, 3.63) is 72.6 Å². The molecule has 7 nitrogen and oxygen atoms in total. The minimum atomic E-state index is -4.60. The van der Waals surface area contributed by atoms with Crippen LogP contribution in [0.3, 0.4) is 0 Å². The van der Waals surface area contributed by atoms with Gasteiger partial charge in [0.25, 0.3) is 10.0 Å². The smallest absolute Gasteiger partial charge is 0.324 e. The van der Waals surface area contributed by atoms with E-state index in [1.807, 2.05) is 0 Å². The second-order valence-electron chi connectivity index (χ2n) is 6.28. The second-order valence-corrected chi connectivity index (χ2v) is 8.25. The SMILES string of the molecule is CN(c1ccccc1)S(=O)(=O)c1cccc(NC(=O)Cn2ccc(C(F)(F)F)n2)c1. The molecular formula is C19H17F3N4O3S. The molecule has 0 fully saturated rings. The number of halogens is 3. The number of nitrogens with zero attached hydrogens (tertiary/aromatic N) is 3. The van der Waals surface area contributed by atoms with Gasteiger partial charge in [-0.05, 0) is 36.4 Å². The Bertz CT molecular complexity index is 1150. The highest BCUT2D eigenvalue weighted by Gasteiger charge is 2.33. The highest BCUT2D eigenvalue weighted by atomic mass is 32.2. The molecule has 1 heterocycles. The fourth-order valence-electron chi connectivity index (χ4n) is 2.62. The van der Waals surface area contributed by atoms with E-state index in [2.05, 4.69) is 10.4 Å². The van der Waals surface area contributed by atoms with Gasteiger partial charge in [-0.25, -0.2) is 8.42 Å². The molecule has 0 aliphatic carbocycles. The van der Waals surface area contributed by atoms with Crippen molar-refractivity contribution in [3.63, 3.8) is 0 Å². The number of anilines is 2. The molecule has 0 saturated heterocycles. The molecule has 0 saturated carbocycles. The van der Waals surface area contributed by atoms with E-state index in [4.69, 9.17) is 0 Å². The molecule has 11 heteroatoms. The van der Waals surface area contributed by atoms with Gasteiger partial charge >= 0.3 is 6.18 Å². The summed E-state index contributed by atoms with van der Waals surface area (Å²) in [5.74, 6) is -0.655. The van der Waals surface area contributed by atoms with Crippen molar-refractivity contribution < 1.29 is 26.4 Å². The van der Waals surface area contributed by atoms with Crippen molar-refractivity contribution in [1.82, 2.24) is 9.78 Å². The third kappa shape index (κ3) is 4.79. The molecule has 0 aliphatic heterocycles. The lowest BCUT2D eigenvalue weighted by Gasteiger charge is -2.19. The molecule has 0 radical (unpaired) electrons. The first-order chi connectivity index (χ1) is 14.1. The summed E-state index contributed by atoms with van der Waals surface area (Å²) in [6.45, 7) is -0.461. The maximum absolute atomic E-state index is 12.9. The molecule has 0 atom stereocenters. The first kappa shape index (κ1) is 21.4. The summed E-state index contributed by atoms with van der Waals surface area (Å²) in [5.41, 5.74) is -0.454. The Labute approximate surface area is 170 Å². The molecule has 0 aliphatic rings. The Morgan fingerprint density at radius 1 is 1.10 bits per heavy atom. The summed E-state index contributed by atoms with van der Waals surface area (Å²) in [7, 11) is -2.47. The van der Waals surface area contributed by atoms with Crippen LogP contribution in [0.15, 0.2) is 71.8 Å². The number of rotatable bonds is 6. The molecule has 3 aromatic rings. The Kier molecular flexibility index (Phi) is 5.83. The van der Waals surface area contributed by atoms with Crippen LogP contribution in [0.25, 0.3) is 0 Å². The van der Waals surface area contributed by atoms with Crippen LogP contribution in [-0.2, 0) is 27.5 Å². The number of nitrogens with one attached hydrogen (secondary N) is 1. The van der Waals surface area contributed by atoms with Gasteiger partial charge in [0.2, 0.25) is 5.91 Å². The van der Waals surface area contributed by atoms with Gasteiger partial charge in [-0.1, -0.05) is 24.3 Å². The van der Waals surface area contributed by atoms with E-state index in [1.165, 1.54) is 31.3 Å². The lowest BCUT2D eigenvalue weighted by molar-refractivity contribution is -0.141. The van der Waals surface area contributed by atoms with Crippen LogP contribution in [0, 0.1) is 0 Å². The Morgan fingerprint density at radius 3 is 2.43 bits per heavy atom. The molecule has 1 aromatic heterocycles. The van der Waals surface area contributed by atoms with Gasteiger partial charge in [0.05, 0.1) is 10.6 Å². The summed E-state index contributed by atoms with van der Waals surface area (Å²) in [5, 5.41) is 5.77. The van der Waals surface area contributed by atoms with Gasteiger partial charge < -0.3 is 5.32 Å². The van der Waals surface area contributed by atoms with Crippen LogP contribution in [0.1, 0.15) is 5.69 Å². The number of carbonyl (C=O) groups is 1. The summed E-state index contributed by atoms with van der Waals surface area (Å²) < 4.78 is 65.4. The predicted molar refractivity (Wildman–Crippen MR) is 104 cm³/mol. The van der Waals surface area contributed by atoms with Gasteiger partial charge in [-0.2, -0.15) is 18.3 Å². The summed E-state index contributed by atoms with van der Waals surface area (Å²) in [6.07, 6.45) is -3.56. The van der Waals surface area contributed by atoms with Crippen molar-refractivity contribution >= 4 is 27.3 Å². The maximum atomic E-state index is 12.9. The second kappa shape index (κ2) is 8.19. The van der Waals surface area contributed by atoms with Crippen LogP contribution in [-0.4, -0.2) is 31.2 Å². The molecule has 2 aromatic carbocycles. The van der Waals surface area contributed by atoms with E-state index < -0.39 is 34.3 Å². The van der Waals surface area contributed by atoms with E-state index in [1.54, 1.807) is 30.3 Å². The Balaban J connectivity index is 1.73. The highest BCUT2D eigenvalue weighted by molar-refractivity contribution is 7.92. The zero-order chi connectivity index (χ0) is 21.9. The third-order valence-electron chi connectivity index (χ3n) is 4.13. The maximum Gasteiger partial charge on any atom is 0.435 e. The fourth-order valence-corrected chi connectivity index (χ4v) is 3.86. The number of sulfonamides is 1. The van der Waals surface area contributed by atoms with Crippen LogP contribution in [0.5, 0.6) is 0 Å². The first-order valence-electron chi connectivity index (χ1n) is 8.62. The van der Waals surface area contributed by atoms with Crippen molar-refractivity contribution in [3.8, 4) is 0 Å². The van der Waals surface area contributed by atoms with E-state index in [-0.39, 0.29) is 10.6 Å². The van der Waals surface area contributed by atoms with Crippen molar-refractivity contribution in [2.45, 2.75) is 17.6 Å². The molecule has 0 bridgehead atoms. The average Bonchev–Trinajstić information content (AvgIpc) is 3.17. The van der Waals surface area contributed by atoms with Crippen LogP contribution in [0.2, 0.25) is 0 Å². The summed E-state index contributed by atoms with van der Waals surface area (Å²) >= 11 is 0. The lowest BCUT2D eigenvalue weighted by Crippen LogP contribution is -2.26. The zero-order valence-electron chi connectivity index (χ0n) is 15.7. The number of hydrogen-bond donors (Lipinski definition) is 1. The number of alkyl halides is 3. The molecule has 1 N–H and O–H groups in total. The monoisotopic (exact) mass is 438 g/mol. The van der Waals surface area contributed by atoms with Crippen LogP contribution in [0.4, 0.5) is 24.5 Å². The largest absolute Gasteiger partial charge is 0.435 e.